The number of aliphatic carboxylic acids is 1. The van der Waals surface area contributed by atoms with Crippen LogP contribution in [0.3, 0.4) is 0 Å². The van der Waals surface area contributed by atoms with Crippen LogP contribution in [0, 0.1) is 0 Å². The first-order valence-electron chi connectivity index (χ1n) is 6.59. The predicted molar refractivity (Wildman–Crippen MR) is 78.8 cm³/mol. The number of carboxylic acids is 1. The van der Waals surface area contributed by atoms with Crippen LogP contribution < -0.4 is 10.6 Å². The molecular weight excluding hydrogens is 294 g/mol. The summed E-state index contributed by atoms with van der Waals surface area (Å²) in [7, 11) is 0. The highest BCUT2D eigenvalue weighted by molar-refractivity contribution is 7.13. The van der Waals surface area contributed by atoms with Crippen LogP contribution in [-0.4, -0.2) is 40.8 Å². The summed E-state index contributed by atoms with van der Waals surface area (Å²) in [5.41, 5.74) is -0.581. The lowest BCUT2D eigenvalue weighted by Gasteiger charge is -2.23. The number of hydrogen-bond acceptors (Lipinski definition) is 5. The number of hydrogen-bond donors (Lipinski definition) is 3. The third kappa shape index (κ3) is 3.51. The van der Waals surface area contributed by atoms with E-state index in [1.807, 2.05) is 26.2 Å². The molecule has 7 nitrogen and oxygen atoms in total. The fraction of sp³-hybridized carbons (Fsp3) is 0.615. The summed E-state index contributed by atoms with van der Waals surface area (Å²) in [6, 6.07) is -0.585. The molecule has 2 heterocycles. The Balaban J connectivity index is 2.01. The fourth-order valence-electron chi connectivity index (χ4n) is 1.91. The predicted octanol–water partition coefficient (Wildman–Crippen LogP) is 1.81. The molecule has 0 bridgehead atoms. The van der Waals surface area contributed by atoms with Gasteiger partial charge >= 0.3 is 12.0 Å². The number of urea groups is 1. The highest BCUT2D eigenvalue weighted by atomic mass is 32.1. The fourth-order valence-corrected chi connectivity index (χ4v) is 2.84. The van der Waals surface area contributed by atoms with E-state index in [1.54, 1.807) is 0 Å². The zero-order valence-corrected chi connectivity index (χ0v) is 13.0. The van der Waals surface area contributed by atoms with Crippen molar-refractivity contribution in [3.05, 3.63) is 11.1 Å². The minimum atomic E-state index is -1.35. The van der Waals surface area contributed by atoms with Crippen molar-refractivity contribution < 1.29 is 19.4 Å². The van der Waals surface area contributed by atoms with Crippen LogP contribution >= 0.6 is 11.3 Å². The Morgan fingerprint density at radius 1 is 1.48 bits per heavy atom. The quantitative estimate of drug-likeness (QED) is 0.790. The second-order valence-electron chi connectivity index (χ2n) is 6.06. The molecule has 0 spiro atoms. The molecule has 1 aliphatic rings. The Labute approximate surface area is 126 Å². The summed E-state index contributed by atoms with van der Waals surface area (Å²) in [6.45, 7) is 6.38. The molecule has 116 valence electrons. The van der Waals surface area contributed by atoms with Crippen molar-refractivity contribution in [2.75, 3.05) is 18.5 Å². The summed E-state index contributed by atoms with van der Waals surface area (Å²) < 4.78 is 5.09. The highest BCUT2D eigenvalue weighted by Gasteiger charge is 2.44. The molecule has 3 N–H and O–H groups in total. The SMILES string of the molecule is CC(C)(C)c1csc(NC(=O)NC2(C(=O)O)CCOC2)n1. The molecule has 1 aromatic heterocycles. The minimum absolute atomic E-state index is 0.0269. The zero-order valence-electron chi connectivity index (χ0n) is 12.2. The van der Waals surface area contributed by atoms with E-state index in [4.69, 9.17) is 4.74 Å². The van der Waals surface area contributed by atoms with E-state index in [9.17, 15) is 14.7 Å². The molecule has 0 aliphatic carbocycles. The maximum Gasteiger partial charge on any atom is 0.332 e. The molecule has 0 saturated carbocycles. The van der Waals surface area contributed by atoms with E-state index in [2.05, 4.69) is 15.6 Å². The maximum atomic E-state index is 12.0. The Hall–Kier alpha value is -1.67. The number of ether oxygens (including phenoxy) is 1. The number of thiazole rings is 1. The van der Waals surface area contributed by atoms with Gasteiger partial charge in [-0.25, -0.2) is 14.6 Å². The van der Waals surface area contributed by atoms with Gasteiger partial charge in [0.2, 0.25) is 0 Å². The van der Waals surface area contributed by atoms with Crippen molar-refractivity contribution in [1.29, 1.82) is 0 Å². The molecule has 21 heavy (non-hydrogen) atoms. The number of carboxylic acid groups (broad SMARTS) is 1. The van der Waals surface area contributed by atoms with E-state index in [1.165, 1.54) is 11.3 Å². The Bertz CT molecular complexity index is 544. The molecule has 1 saturated heterocycles. The largest absolute Gasteiger partial charge is 0.479 e. The second kappa shape index (κ2) is 5.61. The first-order valence-corrected chi connectivity index (χ1v) is 7.47. The topological polar surface area (TPSA) is 101 Å². The smallest absolute Gasteiger partial charge is 0.332 e. The molecule has 1 fully saturated rings. The molecule has 2 amide bonds. The summed E-state index contributed by atoms with van der Waals surface area (Å²) in [6.07, 6.45) is 0.251. The molecule has 1 aromatic rings. The molecule has 1 aliphatic heterocycles. The molecule has 1 atom stereocenters. The molecule has 0 aromatic carbocycles. The van der Waals surface area contributed by atoms with Gasteiger partial charge in [-0.05, 0) is 0 Å². The number of carbonyl (C=O) groups is 2. The Morgan fingerprint density at radius 3 is 2.67 bits per heavy atom. The van der Waals surface area contributed by atoms with Crippen molar-refractivity contribution in [3.8, 4) is 0 Å². The van der Waals surface area contributed by atoms with Crippen LogP contribution in [0.15, 0.2) is 5.38 Å². The number of nitrogens with zero attached hydrogens (tertiary/aromatic N) is 1. The van der Waals surface area contributed by atoms with E-state index >= 15 is 0 Å². The molecule has 1 unspecified atom stereocenters. The van der Waals surface area contributed by atoms with Gasteiger partial charge in [0.1, 0.15) is 0 Å². The Kier molecular flexibility index (Phi) is 4.20. The third-order valence-corrected chi connectivity index (χ3v) is 4.03. The van der Waals surface area contributed by atoms with Gasteiger partial charge < -0.3 is 15.2 Å². The standard InChI is InChI=1S/C13H19N3O4S/c1-12(2,3)8-6-21-11(14-8)15-10(19)16-13(9(17)18)4-5-20-7-13/h6H,4-5,7H2,1-3H3,(H,17,18)(H2,14,15,16,19). The van der Waals surface area contributed by atoms with E-state index in [0.29, 0.717) is 11.7 Å². The van der Waals surface area contributed by atoms with Crippen LogP contribution in [0.4, 0.5) is 9.93 Å². The van der Waals surface area contributed by atoms with Gasteiger partial charge in [-0.15, -0.1) is 11.3 Å². The van der Waals surface area contributed by atoms with Gasteiger partial charge in [-0.1, -0.05) is 20.8 Å². The number of nitrogens with one attached hydrogen (secondary N) is 2. The number of amides is 2. The van der Waals surface area contributed by atoms with Crippen LogP contribution in [0.1, 0.15) is 32.9 Å². The van der Waals surface area contributed by atoms with E-state index in [-0.39, 0.29) is 18.4 Å². The molecular formula is C13H19N3O4S. The second-order valence-corrected chi connectivity index (χ2v) is 6.91. The third-order valence-electron chi connectivity index (χ3n) is 3.28. The average molecular weight is 313 g/mol. The molecule has 0 radical (unpaired) electrons. The zero-order chi connectivity index (χ0) is 15.7. The van der Waals surface area contributed by atoms with Crippen LogP contribution in [0.2, 0.25) is 0 Å². The van der Waals surface area contributed by atoms with Gasteiger partial charge in [0.25, 0.3) is 0 Å². The lowest BCUT2D eigenvalue weighted by molar-refractivity contribution is -0.144. The van der Waals surface area contributed by atoms with Crippen molar-refractivity contribution in [2.24, 2.45) is 0 Å². The van der Waals surface area contributed by atoms with Crippen molar-refractivity contribution in [1.82, 2.24) is 10.3 Å². The number of rotatable bonds is 3. The van der Waals surface area contributed by atoms with Gasteiger partial charge in [-0.3, -0.25) is 5.32 Å². The molecule has 2 rings (SSSR count). The molecule has 8 heteroatoms. The summed E-state index contributed by atoms with van der Waals surface area (Å²) in [4.78, 5) is 27.6. The summed E-state index contributed by atoms with van der Waals surface area (Å²) >= 11 is 1.31. The Morgan fingerprint density at radius 2 is 2.19 bits per heavy atom. The lowest BCUT2D eigenvalue weighted by atomic mass is 9.93. The van der Waals surface area contributed by atoms with Crippen LogP contribution in [-0.2, 0) is 14.9 Å². The van der Waals surface area contributed by atoms with Gasteiger partial charge in [0.15, 0.2) is 10.7 Å². The first kappa shape index (κ1) is 15.7. The average Bonchev–Trinajstić information content (AvgIpc) is 2.97. The number of anilines is 1. The first-order chi connectivity index (χ1) is 9.73. The van der Waals surface area contributed by atoms with Crippen molar-refractivity contribution in [2.45, 2.75) is 38.1 Å². The normalized spacial score (nSPS) is 22.0. The maximum absolute atomic E-state index is 12.0. The van der Waals surface area contributed by atoms with Gasteiger partial charge in [0, 0.05) is 23.8 Å². The summed E-state index contributed by atoms with van der Waals surface area (Å²) in [5, 5.41) is 16.6. The van der Waals surface area contributed by atoms with Crippen molar-refractivity contribution >= 4 is 28.5 Å². The monoisotopic (exact) mass is 313 g/mol. The number of carbonyl (C=O) groups excluding carboxylic acids is 1. The van der Waals surface area contributed by atoms with Gasteiger partial charge in [0.05, 0.1) is 12.3 Å². The van der Waals surface area contributed by atoms with Crippen molar-refractivity contribution in [3.63, 3.8) is 0 Å². The van der Waals surface area contributed by atoms with E-state index in [0.717, 1.165) is 5.69 Å². The van der Waals surface area contributed by atoms with Crippen LogP contribution in [0.5, 0.6) is 0 Å². The van der Waals surface area contributed by atoms with Gasteiger partial charge in [-0.2, -0.15) is 0 Å². The minimum Gasteiger partial charge on any atom is -0.479 e. The highest BCUT2D eigenvalue weighted by Crippen LogP contribution is 2.26. The summed E-state index contributed by atoms with van der Waals surface area (Å²) in [5.74, 6) is -1.09. The van der Waals surface area contributed by atoms with Crippen LogP contribution in [0.25, 0.3) is 0 Å². The number of aromatic nitrogens is 1. The lowest BCUT2D eigenvalue weighted by Crippen LogP contribution is -2.56. The van der Waals surface area contributed by atoms with E-state index < -0.39 is 17.5 Å².